The molecule has 23 heavy (non-hydrogen) atoms. The van der Waals surface area contributed by atoms with E-state index in [2.05, 4.69) is 29.6 Å². The summed E-state index contributed by atoms with van der Waals surface area (Å²) in [6.07, 6.45) is 1.18. The van der Waals surface area contributed by atoms with Crippen LogP contribution in [0.4, 0.5) is 0 Å². The molecule has 1 saturated carbocycles. The second-order valence-corrected chi connectivity index (χ2v) is 5.63. The molecule has 5 nitrogen and oxygen atoms in total. The van der Waals surface area contributed by atoms with Crippen molar-refractivity contribution in [2.75, 3.05) is 13.2 Å². The van der Waals surface area contributed by atoms with Crippen LogP contribution >= 0.6 is 0 Å². The van der Waals surface area contributed by atoms with E-state index in [0.29, 0.717) is 29.9 Å². The van der Waals surface area contributed by atoms with Gasteiger partial charge in [-0.1, -0.05) is 30.3 Å². The van der Waals surface area contributed by atoms with Crippen LogP contribution < -0.4 is 15.5 Å². The van der Waals surface area contributed by atoms with Gasteiger partial charge in [0.2, 0.25) is 0 Å². The summed E-state index contributed by atoms with van der Waals surface area (Å²) in [7, 11) is 0. The van der Waals surface area contributed by atoms with Gasteiger partial charge in [-0.3, -0.25) is 10.0 Å². The van der Waals surface area contributed by atoms with E-state index in [1.54, 1.807) is 29.7 Å². The number of hydrogen-bond donors (Lipinski definition) is 3. The molecule has 0 aromatic heterocycles. The predicted molar refractivity (Wildman–Crippen MR) is 86.8 cm³/mol. The maximum atomic E-state index is 11.2. The number of amides is 1. The fourth-order valence-corrected chi connectivity index (χ4v) is 2.67. The monoisotopic (exact) mass is 312 g/mol. The number of hydrogen-bond acceptors (Lipinski definition) is 4. The molecule has 2 atom stereocenters. The second kappa shape index (κ2) is 7.26. The molecule has 0 spiro atoms. The SMILES string of the molecule is O=C(NO)c1ccc(OCCNC2CC2c2ccccc2)cc1. The lowest BCUT2D eigenvalue weighted by Gasteiger charge is -2.08. The van der Waals surface area contributed by atoms with Crippen LogP contribution in [0, 0.1) is 0 Å². The van der Waals surface area contributed by atoms with E-state index < -0.39 is 5.91 Å². The van der Waals surface area contributed by atoms with E-state index in [1.807, 2.05) is 6.07 Å². The summed E-state index contributed by atoms with van der Waals surface area (Å²) in [5, 5.41) is 12.0. The van der Waals surface area contributed by atoms with Gasteiger partial charge in [-0.05, 0) is 36.2 Å². The minimum Gasteiger partial charge on any atom is -0.492 e. The average molecular weight is 312 g/mol. The smallest absolute Gasteiger partial charge is 0.274 e. The first kappa shape index (κ1) is 15.5. The van der Waals surface area contributed by atoms with Gasteiger partial charge in [-0.25, -0.2) is 5.48 Å². The zero-order chi connectivity index (χ0) is 16.1. The standard InChI is InChI=1S/C18H20N2O3/c21-18(20-22)14-6-8-15(9-7-14)23-11-10-19-17-12-16(17)13-4-2-1-3-5-13/h1-9,16-17,19,22H,10-12H2,(H,20,21). The van der Waals surface area contributed by atoms with Gasteiger partial charge < -0.3 is 10.1 Å². The van der Waals surface area contributed by atoms with E-state index in [0.717, 1.165) is 6.54 Å². The summed E-state index contributed by atoms with van der Waals surface area (Å²) in [5.41, 5.74) is 3.38. The summed E-state index contributed by atoms with van der Waals surface area (Å²) in [6.45, 7) is 1.36. The molecule has 5 heteroatoms. The Morgan fingerprint density at radius 1 is 1.13 bits per heavy atom. The number of benzene rings is 2. The minimum atomic E-state index is -0.529. The number of carbonyl (C=O) groups is 1. The van der Waals surface area contributed by atoms with Gasteiger partial charge in [0.05, 0.1) is 0 Å². The molecule has 3 rings (SSSR count). The van der Waals surface area contributed by atoms with E-state index in [9.17, 15) is 4.79 Å². The quantitative estimate of drug-likeness (QED) is 0.417. The summed E-state index contributed by atoms with van der Waals surface area (Å²) in [5.74, 6) is 0.795. The lowest BCUT2D eigenvalue weighted by molar-refractivity contribution is 0.0706. The fourth-order valence-electron chi connectivity index (χ4n) is 2.67. The number of rotatable bonds is 7. The van der Waals surface area contributed by atoms with Gasteiger partial charge in [0, 0.05) is 24.1 Å². The van der Waals surface area contributed by atoms with Crippen molar-refractivity contribution < 1.29 is 14.7 Å². The van der Waals surface area contributed by atoms with Crippen molar-refractivity contribution in [1.82, 2.24) is 10.8 Å². The molecule has 0 radical (unpaired) electrons. The van der Waals surface area contributed by atoms with Crippen molar-refractivity contribution in [1.29, 1.82) is 0 Å². The zero-order valence-electron chi connectivity index (χ0n) is 12.7. The lowest BCUT2D eigenvalue weighted by Crippen LogP contribution is -2.24. The van der Waals surface area contributed by atoms with E-state index in [4.69, 9.17) is 9.94 Å². The average Bonchev–Trinajstić information content (AvgIpc) is 3.39. The number of hydroxylamine groups is 1. The Morgan fingerprint density at radius 2 is 1.87 bits per heavy atom. The highest BCUT2D eigenvalue weighted by Crippen LogP contribution is 2.40. The van der Waals surface area contributed by atoms with E-state index in [-0.39, 0.29) is 0 Å². The van der Waals surface area contributed by atoms with Crippen LogP contribution in [-0.2, 0) is 0 Å². The molecule has 1 aliphatic rings. The Bertz CT molecular complexity index is 643. The van der Waals surface area contributed by atoms with Crippen molar-refractivity contribution >= 4 is 5.91 Å². The van der Waals surface area contributed by atoms with Crippen LogP contribution in [0.2, 0.25) is 0 Å². The Kier molecular flexibility index (Phi) is 4.90. The normalized spacial score (nSPS) is 19.2. The molecule has 0 heterocycles. The lowest BCUT2D eigenvalue weighted by atomic mass is 10.1. The van der Waals surface area contributed by atoms with Crippen LogP contribution in [0.15, 0.2) is 54.6 Å². The van der Waals surface area contributed by atoms with Crippen LogP contribution in [0.1, 0.15) is 28.3 Å². The summed E-state index contributed by atoms with van der Waals surface area (Å²) < 4.78 is 5.64. The summed E-state index contributed by atoms with van der Waals surface area (Å²) in [4.78, 5) is 11.2. The topological polar surface area (TPSA) is 70.6 Å². The van der Waals surface area contributed by atoms with Crippen molar-refractivity contribution in [3.05, 3.63) is 65.7 Å². The molecule has 1 aliphatic carbocycles. The van der Waals surface area contributed by atoms with E-state index >= 15 is 0 Å². The number of nitrogens with one attached hydrogen (secondary N) is 2. The Balaban J connectivity index is 1.37. The highest BCUT2D eigenvalue weighted by atomic mass is 16.5. The van der Waals surface area contributed by atoms with Gasteiger partial charge in [-0.2, -0.15) is 0 Å². The highest BCUT2D eigenvalue weighted by molar-refractivity contribution is 5.93. The molecule has 3 N–H and O–H groups in total. The van der Waals surface area contributed by atoms with Crippen molar-refractivity contribution in [2.45, 2.75) is 18.4 Å². The zero-order valence-corrected chi connectivity index (χ0v) is 12.7. The fraction of sp³-hybridized carbons (Fsp3) is 0.278. The summed E-state index contributed by atoms with van der Waals surface area (Å²) >= 11 is 0. The van der Waals surface area contributed by atoms with Gasteiger partial charge >= 0.3 is 0 Å². The maximum absolute atomic E-state index is 11.2. The van der Waals surface area contributed by atoms with Crippen molar-refractivity contribution in [3.63, 3.8) is 0 Å². The van der Waals surface area contributed by atoms with Crippen LogP contribution in [-0.4, -0.2) is 30.3 Å². The molecule has 2 unspecified atom stereocenters. The predicted octanol–water partition coefficient (Wildman–Crippen LogP) is 2.33. The molecule has 120 valence electrons. The van der Waals surface area contributed by atoms with Crippen molar-refractivity contribution in [2.24, 2.45) is 0 Å². The molecular formula is C18H20N2O3. The van der Waals surface area contributed by atoms with Crippen LogP contribution in [0.5, 0.6) is 5.75 Å². The molecule has 0 bridgehead atoms. The van der Waals surface area contributed by atoms with Gasteiger partial charge in [0.1, 0.15) is 12.4 Å². The largest absolute Gasteiger partial charge is 0.492 e. The molecule has 1 fully saturated rings. The molecular weight excluding hydrogens is 292 g/mol. The molecule has 0 saturated heterocycles. The van der Waals surface area contributed by atoms with Crippen LogP contribution in [0.25, 0.3) is 0 Å². The molecule has 0 aliphatic heterocycles. The number of ether oxygens (including phenoxy) is 1. The third kappa shape index (κ3) is 4.09. The molecule has 2 aromatic carbocycles. The Hall–Kier alpha value is -2.37. The van der Waals surface area contributed by atoms with E-state index in [1.165, 1.54) is 12.0 Å². The Morgan fingerprint density at radius 3 is 2.57 bits per heavy atom. The first-order valence-corrected chi connectivity index (χ1v) is 7.73. The van der Waals surface area contributed by atoms with Gasteiger partial charge in [-0.15, -0.1) is 0 Å². The Labute approximate surface area is 135 Å². The minimum absolute atomic E-state index is 0.390. The number of carbonyl (C=O) groups excluding carboxylic acids is 1. The molecule has 1 amide bonds. The third-order valence-corrected chi connectivity index (χ3v) is 4.01. The summed E-state index contributed by atoms with van der Waals surface area (Å²) in [6, 6.07) is 17.7. The van der Waals surface area contributed by atoms with Crippen molar-refractivity contribution in [3.8, 4) is 5.75 Å². The van der Waals surface area contributed by atoms with Gasteiger partial charge in [0.25, 0.3) is 5.91 Å². The first-order chi connectivity index (χ1) is 11.3. The van der Waals surface area contributed by atoms with Gasteiger partial charge in [0.15, 0.2) is 0 Å². The van der Waals surface area contributed by atoms with Crippen LogP contribution in [0.3, 0.4) is 0 Å². The third-order valence-electron chi connectivity index (χ3n) is 4.01. The maximum Gasteiger partial charge on any atom is 0.274 e. The second-order valence-electron chi connectivity index (χ2n) is 5.63. The molecule has 2 aromatic rings. The first-order valence-electron chi connectivity index (χ1n) is 7.73. The highest BCUT2D eigenvalue weighted by Gasteiger charge is 2.37.